The standard InChI is InChI=1S/C23H34N2O3.ClH/c1-6-8-12-19-17(16-11-9-10-13-18(16)28-19)15-25(5)21(26)23(24)14-20(27-7-2)22(23,3)4;/h9-11,13,20H,6-8,12,14-15,24H2,1-5H3;1H. The summed E-state index contributed by atoms with van der Waals surface area (Å²) in [6.07, 6.45) is 3.63. The molecule has 2 aromatic rings. The van der Waals surface area contributed by atoms with Gasteiger partial charge < -0.3 is 19.8 Å². The van der Waals surface area contributed by atoms with Crippen molar-refractivity contribution in [2.75, 3.05) is 13.7 Å². The van der Waals surface area contributed by atoms with Crippen LogP contribution in [0.3, 0.4) is 0 Å². The Hall–Kier alpha value is -1.56. The molecule has 0 aliphatic heterocycles. The molecule has 0 spiro atoms. The molecule has 1 saturated carbocycles. The van der Waals surface area contributed by atoms with Crippen LogP contribution in [0.25, 0.3) is 11.0 Å². The maximum atomic E-state index is 13.3. The van der Waals surface area contributed by atoms with Crippen molar-refractivity contribution in [3.05, 3.63) is 35.6 Å². The minimum Gasteiger partial charge on any atom is -0.461 e. The monoisotopic (exact) mass is 422 g/mol. The Labute approximate surface area is 180 Å². The Morgan fingerprint density at radius 2 is 2.00 bits per heavy atom. The van der Waals surface area contributed by atoms with Gasteiger partial charge in [-0.2, -0.15) is 0 Å². The van der Waals surface area contributed by atoms with Crippen LogP contribution < -0.4 is 5.73 Å². The summed E-state index contributed by atoms with van der Waals surface area (Å²) < 4.78 is 11.9. The van der Waals surface area contributed by atoms with E-state index in [1.165, 1.54) is 0 Å². The molecule has 3 rings (SSSR count). The summed E-state index contributed by atoms with van der Waals surface area (Å²) in [6, 6.07) is 8.05. The first-order chi connectivity index (χ1) is 13.3. The van der Waals surface area contributed by atoms with Gasteiger partial charge in [0.05, 0.1) is 6.10 Å². The number of amides is 1. The average Bonchev–Trinajstić information content (AvgIpc) is 3.02. The zero-order chi connectivity index (χ0) is 20.5. The van der Waals surface area contributed by atoms with Crippen LogP contribution in [0.1, 0.15) is 58.3 Å². The van der Waals surface area contributed by atoms with Crippen molar-refractivity contribution in [1.29, 1.82) is 0 Å². The summed E-state index contributed by atoms with van der Waals surface area (Å²) in [7, 11) is 1.84. The average molecular weight is 423 g/mol. The highest BCUT2D eigenvalue weighted by atomic mass is 35.5. The number of para-hydroxylation sites is 1. The molecule has 0 radical (unpaired) electrons. The Kier molecular flexibility index (Phi) is 7.42. The highest BCUT2D eigenvalue weighted by Gasteiger charge is 2.63. The molecule has 1 aliphatic carbocycles. The van der Waals surface area contributed by atoms with Crippen LogP contribution >= 0.6 is 12.4 Å². The lowest BCUT2D eigenvalue weighted by molar-refractivity contribution is -0.178. The van der Waals surface area contributed by atoms with Crippen LogP contribution in [-0.2, 0) is 22.5 Å². The third-order valence-electron chi connectivity index (χ3n) is 6.49. The number of aryl methyl sites for hydroxylation is 1. The molecule has 2 atom stereocenters. The number of carbonyl (C=O) groups is 1. The molecular formula is C23H35ClN2O3. The second-order valence-electron chi connectivity index (χ2n) is 8.61. The number of nitrogens with zero attached hydrogens (tertiary/aromatic N) is 1. The zero-order valence-corrected chi connectivity index (χ0v) is 19.1. The van der Waals surface area contributed by atoms with Gasteiger partial charge in [-0.05, 0) is 19.4 Å². The predicted octanol–water partition coefficient (Wildman–Crippen LogP) is 4.69. The number of carbonyl (C=O) groups excluding carboxylic acids is 1. The van der Waals surface area contributed by atoms with Crippen molar-refractivity contribution in [3.63, 3.8) is 0 Å². The minimum absolute atomic E-state index is 0. The van der Waals surface area contributed by atoms with Gasteiger partial charge in [-0.25, -0.2) is 0 Å². The van der Waals surface area contributed by atoms with Crippen molar-refractivity contribution < 1.29 is 13.9 Å². The normalized spacial score (nSPS) is 22.8. The van der Waals surface area contributed by atoms with Gasteiger partial charge in [0, 0.05) is 49.4 Å². The summed E-state index contributed by atoms with van der Waals surface area (Å²) in [6.45, 7) is 9.34. The van der Waals surface area contributed by atoms with E-state index in [0.29, 0.717) is 19.6 Å². The molecule has 1 aromatic carbocycles. The van der Waals surface area contributed by atoms with Crippen molar-refractivity contribution in [3.8, 4) is 0 Å². The number of unbranched alkanes of at least 4 members (excludes halogenated alkanes) is 1. The summed E-state index contributed by atoms with van der Waals surface area (Å²) in [5.41, 5.74) is 7.30. The molecule has 162 valence electrons. The maximum absolute atomic E-state index is 13.3. The number of nitrogens with two attached hydrogens (primary N) is 1. The molecule has 1 fully saturated rings. The van der Waals surface area contributed by atoms with E-state index in [1.807, 2.05) is 46.0 Å². The van der Waals surface area contributed by atoms with E-state index in [2.05, 4.69) is 13.0 Å². The molecule has 29 heavy (non-hydrogen) atoms. The summed E-state index contributed by atoms with van der Waals surface area (Å²) in [5.74, 6) is 0.953. The Morgan fingerprint density at radius 3 is 2.62 bits per heavy atom. The van der Waals surface area contributed by atoms with E-state index in [0.717, 1.165) is 41.6 Å². The first-order valence-electron chi connectivity index (χ1n) is 10.4. The Morgan fingerprint density at radius 1 is 1.31 bits per heavy atom. The molecule has 2 N–H and O–H groups in total. The van der Waals surface area contributed by atoms with Crippen LogP contribution in [0.15, 0.2) is 28.7 Å². The number of rotatable bonds is 8. The topological polar surface area (TPSA) is 68.7 Å². The highest BCUT2D eigenvalue weighted by Crippen LogP contribution is 2.50. The molecule has 1 aliphatic rings. The molecule has 6 heteroatoms. The fourth-order valence-corrected chi connectivity index (χ4v) is 4.31. The van der Waals surface area contributed by atoms with Crippen LogP contribution in [0.2, 0.25) is 0 Å². The molecular weight excluding hydrogens is 388 g/mol. The quantitative estimate of drug-likeness (QED) is 0.670. The van der Waals surface area contributed by atoms with Crippen LogP contribution in [0.5, 0.6) is 0 Å². The van der Waals surface area contributed by atoms with Gasteiger partial charge in [0.25, 0.3) is 0 Å². The smallest absolute Gasteiger partial charge is 0.243 e. The summed E-state index contributed by atoms with van der Waals surface area (Å²) in [4.78, 5) is 15.1. The van der Waals surface area contributed by atoms with Gasteiger partial charge >= 0.3 is 0 Å². The molecule has 5 nitrogen and oxygen atoms in total. The molecule has 0 bridgehead atoms. The second-order valence-corrected chi connectivity index (χ2v) is 8.61. The number of ether oxygens (including phenoxy) is 1. The number of fused-ring (bicyclic) bond motifs is 1. The van der Waals surface area contributed by atoms with E-state index in [1.54, 1.807) is 4.90 Å². The SMILES string of the molecule is CCCCc1oc2ccccc2c1CN(C)C(=O)C1(N)CC(OCC)C1(C)C.Cl. The second kappa shape index (κ2) is 9.07. The van der Waals surface area contributed by atoms with Crippen LogP contribution in [-0.4, -0.2) is 36.1 Å². The number of halogens is 1. The number of furan rings is 1. The van der Waals surface area contributed by atoms with E-state index in [4.69, 9.17) is 14.9 Å². The van der Waals surface area contributed by atoms with Crippen LogP contribution in [0.4, 0.5) is 0 Å². The van der Waals surface area contributed by atoms with Gasteiger partial charge in [-0.3, -0.25) is 4.79 Å². The molecule has 1 amide bonds. The van der Waals surface area contributed by atoms with Gasteiger partial charge in [0.1, 0.15) is 16.9 Å². The van der Waals surface area contributed by atoms with Crippen molar-refractivity contribution in [1.82, 2.24) is 4.90 Å². The fraction of sp³-hybridized carbons (Fsp3) is 0.609. The number of hydrogen-bond acceptors (Lipinski definition) is 4. The van der Waals surface area contributed by atoms with Gasteiger partial charge in [0.15, 0.2) is 0 Å². The lowest BCUT2D eigenvalue weighted by atomic mass is 9.54. The number of hydrogen-bond donors (Lipinski definition) is 1. The summed E-state index contributed by atoms with van der Waals surface area (Å²) >= 11 is 0. The first-order valence-corrected chi connectivity index (χ1v) is 10.4. The maximum Gasteiger partial charge on any atom is 0.243 e. The highest BCUT2D eigenvalue weighted by molar-refractivity contribution is 5.89. The minimum atomic E-state index is -0.898. The van der Waals surface area contributed by atoms with E-state index in [-0.39, 0.29) is 24.4 Å². The molecule has 1 aromatic heterocycles. The van der Waals surface area contributed by atoms with Crippen molar-refractivity contribution >= 4 is 29.3 Å². The third-order valence-corrected chi connectivity index (χ3v) is 6.49. The lowest BCUT2D eigenvalue weighted by Gasteiger charge is -2.58. The Bertz CT molecular complexity index is 848. The van der Waals surface area contributed by atoms with E-state index in [9.17, 15) is 4.79 Å². The number of benzene rings is 1. The predicted molar refractivity (Wildman–Crippen MR) is 119 cm³/mol. The fourth-order valence-electron chi connectivity index (χ4n) is 4.31. The largest absolute Gasteiger partial charge is 0.461 e. The summed E-state index contributed by atoms with van der Waals surface area (Å²) in [5, 5.41) is 1.08. The van der Waals surface area contributed by atoms with Crippen LogP contribution in [0, 0.1) is 5.41 Å². The van der Waals surface area contributed by atoms with Gasteiger partial charge in [0.2, 0.25) is 5.91 Å². The molecule has 2 unspecified atom stereocenters. The first kappa shape index (κ1) is 23.7. The molecule has 0 saturated heterocycles. The van der Waals surface area contributed by atoms with E-state index >= 15 is 0 Å². The Balaban J connectivity index is 0.00000300. The number of likely N-dealkylation sites (N-methyl/N-ethyl adjacent to an activating group) is 1. The zero-order valence-electron chi connectivity index (χ0n) is 18.3. The van der Waals surface area contributed by atoms with Crippen molar-refractivity contribution in [2.24, 2.45) is 11.1 Å². The van der Waals surface area contributed by atoms with Gasteiger partial charge in [-0.1, -0.05) is 45.4 Å². The van der Waals surface area contributed by atoms with Gasteiger partial charge in [-0.15, -0.1) is 12.4 Å². The molecule has 1 heterocycles. The lowest BCUT2D eigenvalue weighted by Crippen LogP contribution is -2.75. The third kappa shape index (κ3) is 4.05. The van der Waals surface area contributed by atoms with Crippen molar-refractivity contribution in [2.45, 2.75) is 71.6 Å². The van der Waals surface area contributed by atoms with E-state index < -0.39 is 11.0 Å².